The molecular formula is C22H25N5O2. The normalized spacial score (nSPS) is 17.3. The molecule has 1 aromatic carbocycles. The molecule has 1 saturated heterocycles. The van der Waals surface area contributed by atoms with E-state index in [0.29, 0.717) is 11.6 Å². The molecule has 150 valence electrons. The number of likely N-dealkylation sites (tertiary alicyclic amines) is 1. The average molecular weight is 391 g/mol. The van der Waals surface area contributed by atoms with Crippen LogP contribution in [0, 0.1) is 6.92 Å². The van der Waals surface area contributed by atoms with E-state index in [2.05, 4.69) is 57.9 Å². The summed E-state index contributed by atoms with van der Waals surface area (Å²) in [4.78, 5) is 14.6. The third-order valence-corrected chi connectivity index (χ3v) is 5.59. The summed E-state index contributed by atoms with van der Waals surface area (Å²) in [6, 6.07) is 10.5. The summed E-state index contributed by atoms with van der Waals surface area (Å²) in [5.74, 6) is 1.17. The molecule has 3 aromatic rings. The number of amides is 1. The van der Waals surface area contributed by atoms with E-state index in [1.807, 2.05) is 10.9 Å². The third kappa shape index (κ3) is 4.24. The molecule has 1 aliphatic carbocycles. The van der Waals surface area contributed by atoms with Crippen molar-refractivity contribution in [1.29, 1.82) is 0 Å². The van der Waals surface area contributed by atoms with Gasteiger partial charge in [0.15, 0.2) is 5.69 Å². The Morgan fingerprint density at radius 3 is 2.72 bits per heavy atom. The van der Waals surface area contributed by atoms with E-state index < -0.39 is 0 Å². The van der Waals surface area contributed by atoms with Crippen LogP contribution >= 0.6 is 0 Å². The molecule has 0 bridgehead atoms. The van der Waals surface area contributed by atoms with E-state index in [9.17, 15) is 4.79 Å². The zero-order valence-electron chi connectivity index (χ0n) is 16.5. The molecule has 2 aliphatic rings. The molecule has 1 aliphatic heterocycles. The summed E-state index contributed by atoms with van der Waals surface area (Å²) in [5, 5.41) is 11.4. The van der Waals surface area contributed by atoms with Gasteiger partial charge in [0.25, 0.3) is 5.91 Å². The second-order valence-corrected chi connectivity index (χ2v) is 8.29. The molecule has 7 nitrogen and oxygen atoms in total. The summed E-state index contributed by atoms with van der Waals surface area (Å²) in [6.45, 7) is 5.38. The van der Waals surface area contributed by atoms with Crippen molar-refractivity contribution < 1.29 is 9.32 Å². The topological polar surface area (TPSA) is 76.2 Å². The number of benzene rings is 1. The van der Waals surface area contributed by atoms with E-state index >= 15 is 0 Å². The van der Waals surface area contributed by atoms with E-state index in [1.165, 1.54) is 16.7 Å². The molecule has 0 atom stereocenters. The molecule has 29 heavy (non-hydrogen) atoms. The first-order chi connectivity index (χ1) is 14.1. The molecule has 0 unspecified atom stereocenters. The second-order valence-electron chi connectivity index (χ2n) is 8.29. The highest BCUT2D eigenvalue weighted by Gasteiger charge is 2.31. The Balaban J connectivity index is 1.08. The van der Waals surface area contributed by atoms with Crippen LogP contribution in [0.1, 0.15) is 51.7 Å². The van der Waals surface area contributed by atoms with E-state index in [0.717, 1.165) is 44.8 Å². The minimum Gasteiger partial charge on any atom is -0.360 e. The van der Waals surface area contributed by atoms with Gasteiger partial charge in [-0.2, -0.15) is 5.10 Å². The lowest BCUT2D eigenvalue weighted by atomic mass is 10.1. The number of carbonyl (C=O) groups is 1. The van der Waals surface area contributed by atoms with Crippen LogP contribution in [0.4, 0.5) is 0 Å². The number of rotatable bonds is 7. The minimum absolute atomic E-state index is 0.142. The van der Waals surface area contributed by atoms with Crippen LogP contribution in [-0.2, 0) is 13.1 Å². The van der Waals surface area contributed by atoms with Crippen LogP contribution in [-0.4, -0.2) is 44.9 Å². The van der Waals surface area contributed by atoms with Crippen molar-refractivity contribution in [1.82, 2.24) is 25.2 Å². The first-order valence-corrected chi connectivity index (χ1v) is 10.2. The maximum Gasteiger partial charge on any atom is 0.273 e. The van der Waals surface area contributed by atoms with Gasteiger partial charge in [-0.25, -0.2) is 0 Å². The van der Waals surface area contributed by atoms with Gasteiger partial charge < -0.3 is 9.84 Å². The molecule has 1 amide bonds. The highest BCUT2D eigenvalue weighted by Crippen LogP contribution is 2.40. The molecule has 0 spiro atoms. The number of hydrogen-bond acceptors (Lipinski definition) is 5. The molecule has 2 aromatic heterocycles. The average Bonchev–Trinajstić information content (AvgIpc) is 3.24. The minimum atomic E-state index is -0.142. The molecule has 1 N–H and O–H groups in total. The van der Waals surface area contributed by atoms with Crippen LogP contribution in [0.5, 0.6) is 0 Å². The quantitative estimate of drug-likeness (QED) is 0.670. The van der Waals surface area contributed by atoms with Gasteiger partial charge in [0, 0.05) is 43.4 Å². The van der Waals surface area contributed by atoms with Crippen LogP contribution in [0.3, 0.4) is 0 Å². The first kappa shape index (κ1) is 18.1. The van der Waals surface area contributed by atoms with Crippen LogP contribution < -0.4 is 5.32 Å². The maximum absolute atomic E-state index is 12.3. The van der Waals surface area contributed by atoms with Crippen molar-refractivity contribution in [3.8, 4) is 0 Å². The largest absolute Gasteiger partial charge is 0.360 e. The summed E-state index contributed by atoms with van der Waals surface area (Å²) in [5.41, 5.74) is 4.09. The fraction of sp³-hybridized carbons (Fsp3) is 0.409. The van der Waals surface area contributed by atoms with Gasteiger partial charge >= 0.3 is 0 Å². The van der Waals surface area contributed by atoms with Gasteiger partial charge in [-0.05, 0) is 25.3 Å². The first-order valence-electron chi connectivity index (χ1n) is 10.2. The maximum atomic E-state index is 12.3. The number of carbonyl (C=O) groups excluding carboxylic acids is 1. The molecule has 1 saturated carbocycles. The van der Waals surface area contributed by atoms with Gasteiger partial charge in [0.05, 0.1) is 18.8 Å². The predicted octanol–water partition coefficient (Wildman–Crippen LogP) is 2.72. The number of aromatic nitrogens is 3. The highest BCUT2D eigenvalue weighted by molar-refractivity contribution is 5.92. The van der Waals surface area contributed by atoms with Gasteiger partial charge in [-0.1, -0.05) is 35.0 Å². The van der Waals surface area contributed by atoms with E-state index in [-0.39, 0.29) is 11.9 Å². The van der Waals surface area contributed by atoms with Crippen molar-refractivity contribution in [2.75, 3.05) is 13.1 Å². The second kappa shape index (κ2) is 7.48. The van der Waals surface area contributed by atoms with Crippen molar-refractivity contribution in [3.63, 3.8) is 0 Å². The van der Waals surface area contributed by atoms with Gasteiger partial charge in [0.2, 0.25) is 0 Å². The summed E-state index contributed by atoms with van der Waals surface area (Å²) >= 11 is 0. The zero-order valence-corrected chi connectivity index (χ0v) is 16.5. The lowest BCUT2D eigenvalue weighted by Gasteiger charge is -2.39. The van der Waals surface area contributed by atoms with E-state index in [1.54, 1.807) is 6.07 Å². The fourth-order valence-corrected chi connectivity index (χ4v) is 3.72. The highest BCUT2D eigenvalue weighted by atomic mass is 16.5. The van der Waals surface area contributed by atoms with Crippen molar-refractivity contribution in [2.24, 2.45) is 0 Å². The number of hydrogen-bond donors (Lipinski definition) is 1. The SMILES string of the molecule is Cc1ccc(Cn2cc(CN3CC(NC(=O)c4cc(C5CC5)on4)C3)cn2)cc1. The smallest absolute Gasteiger partial charge is 0.273 e. The lowest BCUT2D eigenvalue weighted by Crippen LogP contribution is -2.58. The summed E-state index contributed by atoms with van der Waals surface area (Å²) in [6.07, 6.45) is 6.29. The Labute approximate surface area is 169 Å². The molecular weight excluding hydrogens is 366 g/mol. The molecule has 3 heterocycles. The van der Waals surface area contributed by atoms with Crippen LogP contribution in [0.25, 0.3) is 0 Å². The van der Waals surface area contributed by atoms with E-state index in [4.69, 9.17) is 4.52 Å². The van der Waals surface area contributed by atoms with Crippen LogP contribution in [0.2, 0.25) is 0 Å². The van der Waals surface area contributed by atoms with Crippen molar-refractivity contribution in [2.45, 2.75) is 44.8 Å². The van der Waals surface area contributed by atoms with Gasteiger partial charge in [-0.3, -0.25) is 14.4 Å². The Hall–Kier alpha value is -2.93. The Morgan fingerprint density at radius 2 is 1.97 bits per heavy atom. The van der Waals surface area contributed by atoms with Crippen LogP contribution in [0.15, 0.2) is 47.2 Å². The molecule has 7 heteroatoms. The summed E-state index contributed by atoms with van der Waals surface area (Å²) in [7, 11) is 0. The Bertz CT molecular complexity index is 996. The van der Waals surface area contributed by atoms with Gasteiger partial charge in [0.1, 0.15) is 5.76 Å². The summed E-state index contributed by atoms with van der Waals surface area (Å²) < 4.78 is 7.24. The monoisotopic (exact) mass is 391 g/mol. The Kier molecular flexibility index (Phi) is 4.67. The van der Waals surface area contributed by atoms with Gasteiger partial charge in [-0.15, -0.1) is 0 Å². The molecule has 5 rings (SSSR count). The molecule has 0 radical (unpaired) electrons. The lowest BCUT2D eigenvalue weighted by molar-refractivity contribution is 0.0787. The fourth-order valence-electron chi connectivity index (χ4n) is 3.72. The number of nitrogens with zero attached hydrogens (tertiary/aromatic N) is 4. The third-order valence-electron chi connectivity index (χ3n) is 5.59. The van der Waals surface area contributed by atoms with Crippen molar-refractivity contribution >= 4 is 5.91 Å². The standard InChI is InChI=1S/C22H25N5O2/c1-15-2-4-16(5-3-15)11-27-12-17(9-23-27)10-26-13-19(14-26)24-22(28)20-8-21(29-25-20)18-6-7-18/h2-5,8-9,12,18-19H,6-7,10-11,13-14H2,1H3,(H,24,28). The molecule has 2 fully saturated rings. The van der Waals surface area contributed by atoms with Crippen molar-refractivity contribution in [3.05, 3.63) is 70.9 Å². The number of aryl methyl sites for hydroxylation is 1. The zero-order chi connectivity index (χ0) is 19.8. The Morgan fingerprint density at radius 1 is 1.17 bits per heavy atom. The number of nitrogens with one attached hydrogen (secondary N) is 1. The predicted molar refractivity (Wildman–Crippen MR) is 108 cm³/mol.